The van der Waals surface area contributed by atoms with Gasteiger partial charge in [-0.2, -0.15) is 0 Å². The standard InChI is InChI=1S/C22H20BrClO4/c23-17-6-2-4-8-19(17)28-21-13-27-20-11-15(9-10-16(20)22(21)25)26-12-14-5-1-3-7-18(14)24/h1-8,13,15-16,20H,9-12H2. The van der Waals surface area contributed by atoms with E-state index in [2.05, 4.69) is 15.9 Å². The van der Waals surface area contributed by atoms with Crippen molar-refractivity contribution in [2.24, 2.45) is 5.92 Å². The molecule has 2 aliphatic rings. The van der Waals surface area contributed by atoms with Gasteiger partial charge in [-0.15, -0.1) is 0 Å². The number of rotatable bonds is 5. The van der Waals surface area contributed by atoms with Crippen LogP contribution in [0.5, 0.6) is 5.75 Å². The van der Waals surface area contributed by atoms with Gasteiger partial charge in [-0.05, 0) is 52.5 Å². The number of para-hydroxylation sites is 1. The first-order valence-corrected chi connectivity index (χ1v) is 10.5. The van der Waals surface area contributed by atoms with Crippen LogP contribution in [-0.2, 0) is 20.9 Å². The summed E-state index contributed by atoms with van der Waals surface area (Å²) in [7, 11) is 0. The third kappa shape index (κ3) is 4.27. The molecule has 2 aromatic carbocycles. The highest BCUT2D eigenvalue weighted by Crippen LogP contribution is 2.36. The topological polar surface area (TPSA) is 44.8 Å². The van der Waals surface area contributed by atoms with E-state index in [1.54, 1.807) is 0 Å². The number of ether oxygens (including phenoxy) is 3. The molecule has 28 heavy (non-hydrogen) atoms. The van der Waals surface area contributed by atoms with E-state index in [1.807, 2.05) is 48.5 Å². The van der Waals surface area contributed by atoms with Gasteiger partial charge in [-0.25, -0.2) is 0 Å². The van der Waals surface area contributed by atoms with Crippen molar-refractivity contribution in [3.63, 3.8) is 0 Å². The largest absolute Gasteiger partial charge is 0.493 e. The monoisotopic (exact) mass is 462 g/mol. The van der Waals surface area contributed by atoms with E-state index in [0.29, 0.717) is 30.2 Å². The number of hydrogen-bond acceptors (Lipinski definition) is 4. The van der Waals surface area contributed by atoms with Gasteiger partial charge in [-0.3, -0.25) is 4.79 Å². The second-order valence-corrected chi connectivity index (χ2v) is 8.26. The van der Waals surface area contributed by atoms with E-state index in [1.165, 1.54) is 6.26 Å². The fraction of sp³-hybridized carbons (Fsp3) is 0.318. The number of carbonyl (C=O) groups is 1. The van der Waals surface area contributed by atoms with Gasteiger partial charge in [0.25, 0.3) is 0 Å². The molecular formula is C22H20BrClO4. The Balaban J connectivity index is 1.37. The second kappa shape index (κ2) is 8.68. The van der Waals surface area contributed by atoms with Gasteiger partial charge in [0.15, 0.2) is 0 Å². The lowest BCUT2D eigenvalue weighted by Crippen LogP contribution is -2.42. The molecule has 0 aromatic heterocycles. The molecule has 6 heteroatoms. The molecule has 146 valence electrons. The van der Waals surface area contributed by atoms with Crippen molar-refractivity contribution in [3.8, 4) is 5.75 Å². The van der Waals surface area contributed by atoms with Crippen LogP contribution in [0.15, 0.2) is 65.0 Å². The average molecular weight is 464 g/mol. The maximum Gasteiger partial charge on any atom is 0.208 e. The zero-order valence-electron chi connectivity index (χ0n) is 15.1. The number of hydrogen-bond donors (Lipinski definition) is 0. The fourth-order valence-corrected chi connectivity index (χ4v) is 4.18. The fourth-order valence-electron chi connectivity index (χ4n) is 3.63. The highest BCUT2D eigenvalue weighted by molar-refractivity contribution is 9.10. The Morgan fingerprint density at radius 3 is 2.71 bits per heavy atom. The van der Waals surface area contributed by atoms with E-state index in [0.717, 1.165) is 16.5 Å². The van der Waals surface area contributed by atoms with Gasteiger partial charge in [0, 0.05) is 11.4 Å². The summed E-state index contributed by atoms with van der Waals surface area (Å²) in [5.41, 5.74) is 0.968. The molecule has 1 aliphatic carbocycles. The van der Waals surface area contributed by atoms with Crippen LogP contribution in [0, 0.1) is 5.92 Å². The van der Waals surface area contributed by atoms with Crippen molar-refractivity contribution in [1.82, 2.24) is 0 Å². The first-order chi connectivity index (χ1) is 13.6. The molecule has 2 aromatic rings. The summed E-state index contributed by atoms with van der Waals surface area (Å²) < 4.78 is 18.5. The normalized spacial score (nSPS) is 24.1. The molecule has 1 saturated carbocycles. The summed E-state index contributed by atoms with van der Waals surface area (Å²) in [4.78, 5) is 12.9. The lowest BCUT2D eigenvalue weighted by molar-refractivity contribution is -0.134. The molecule has 0 N–H and O–H groups in total. The molecule has 1 heterocycles. The molecule has 0 spiro atoms. The smallest absolute Gasteiger partial charge is 0.208 e. The highest BCUT2D eigenvalue weighted by atomic mass is 79.9. The zero-order valence-corrected chi connectivity index (χ0v) is 17.5. The molecule has 4 rings (SSSR count). The first kappa shape index (κ1) is 19.5. The van der Waals surface area contributed by atoms with Gasteiger partial charge in [0.05, 0.1) is 23.1 Å². The van der Waals surface area contributed by atoms with Crippen molar-refractivity contribution in [2.45, 2.75) is 38.1 Å². The lowest BCUT2D eigenvalue weighted by atomic mass is 9.80. The van der Waals surface area contributed by atoms with Crippen molar-refractivity contribution in [2.75, 3.05) is 0 Å². The summed E-state index contributed by atoms with van der Waals surface area (Å²) in [5, 5.41) is 0.706. The zero-order chi connectivity index (χ0) is 19.5. The van der Waals surface area contributed by atoms with Crippen LogP contribution in [0.2, 0.25) is 5.02 Å². The molecule has 0 radical (unpaired) electrons. The van der Waals surface area contributed by atoms with E-state index in [-0.39, 0.29) is 29.7 Å². The third-order valence-corrected chi connectivity index (χ3v) is 6.19. The molecule has 4 nitrogen and oxygen atoms in total. The Bertz CT molecular complexity index is 898. The number of carbonyl (C=O) groups excluding carboxylic acids is 1. The van der Waals surface area contributed by atoms with Crippen LogP contribution < -0.4 is 4.74 Å². The van der Waals surface area contributed by atoms with E-state index >= 15 is 0 Å². The van der Waals surface area contributed by atoms with E-state index < -0.39 is 0 Å². The number of halogens is 2. The van der Waals surface area contributed by atoms with Crippen LogP contribution in [0.25, 0.3) is 0 Å². The van der Waals surface area contributed by atoms with E-state index in [4.69, 9.17) is 25.8 Å². The maximum absolute atomic E-state index is 12.9. The van der Waals surface area contributed by atoms with Crippen molar-refractivity contribution in [3.05, 3.63) is 75.6 Å². The third-order valence-electron chi connectivity index (χ3n) is 5.16. The minimum Gasteiger partial charge on any atom is -0.493 e. The van der Waals surface area contributed by atoms with Gasteiger partial charge in [-0.1, -0.05) is 41.9 Å². The number of Topliss-reactive ketones (excluding diaryl/α,β-unsaturated/α-hetero) is 1. The summed E-state index contributed by atoms with van der Waals surface area (Å²) in [5.74, 6) is 0.656. The van der Waals surface area contributed by atoms with Gasteiger partial charge in [0.1, 0.15) is 18.1 Å². The Hall–Kier alpha value is -1.82. The Kier molecular flexibility index (Phi) is 6.04. The molecule has 3 atom stereocenters. The molecule has 3 unspecified atom stereocenters. The Morgan fingerprint density at radius 1 is 1.11 bits per heavy atom. The summed E-state index contributed by atoms with van der Waals surface area (Å²) in [6.07, 6.45) is 3.52. The summed E-state index contributed by atoms with van der Waals surface area (Å²) in [6.45, 7) is 0.460. The molecule has 1 fully saturated rings. The number of allylic oxidation sites excluding steroid dienone is 1. The predicted octanol–water partition coefficient (Wildman–Crippen LogP) is 5.68. The molecular weight excluding hydrogens is 444 g/mol. The first-order valence-electron chi connectivity index (χ1n) is 9.29. The Labute approximate surface area is 177 Å². The minimum absolute atomic E-state index is 0.00319. The van der Waals surface area contributed by atoms with Crippen LogP contribution in [0.4, 0.5) is 0 Å². The van der Waals surface area contributed by atoms with Crippen molar-refractivity contribution < 1.29 is 19.0 Å². The van der Waals surface area contributed by atoms with Crippen LogP contribution in [0.3, 0.4) is 0 Å². The van der Waals surface area contributed by atoms with Crippen LogP contribution in [0.1, 0.15) is 24.8 Å². The van der Waals surface area contributed by atoms with Gasteiger partial charge in [0.2, 0.25) is 11.5 Å². The average Bonchev–Trinajstić information content (AvgIpc) is 2.71. The quantitative estimate of drug-likeness (QED) is 0.572. The lowest BCUT2D eigenvalue weighted by Gasteiger charge is -2.37. The second-order valence-electron chi connectivity index (χ2n) is 7.00. The predicted molar refractivity (Wildman–Crippen MR) is 110 cm³/mol. The van der Waals surface area contributed by atoms with Gasteiger partial charge < -0.3 is 14.2 Å². The van der Waals surface area contributed by atoms with E-state index in [9.17, 15) is 4.79 Å². The van der Waals surface area contributed by atoms with Gasteiger partial charge >= 0.3 is 0 Å². The molecule has 1 aliphatic heterocycles. The maximum atomic E-state index is 12.9. The molecule has 0 bridgehead atoms. The van der Waals surface area contributed by atoms with Crippen molar-refractivity contribution in [1.29, 1.82) is 0 Å². The summed E-state index contributed by atoms with van der Waals surface area (Å²) >= 11 is 9.62. The summed E-state index contributed by atoms with van der Waals surface area (Å²) in [6, 6.07) is 15.1. The number of benzene rings is 2. The minimum atomic E-state index is -0.192. The number of ketones is 1. The highest BCUT2D eigenvalue weighted by Gasteiger charge is 2.41. The molecule has 0 amide bonds. The Morgan fingerprint density at radius 2 is 1.89 bits per heavy atom. The van der Waals surface area contributed by atoms with Crippen LogP contribution in [-0.4, -0.2) is 18.0 Å². The number of fused-ring (bicyclic) bond motifs is 1. The van der Waals surface area contributed by atoms with Crippen LogP contribution >= 0.6 is 27.5 Å². The molecule has 0 saturated heterocycles. The SMILES string of the molecule is O=C1C(Oc2ccccc2Br)=COC2CC(OCc3ccccc3Cl)CCC12. The van der Waals surface area contributed by atoms with Crippen molar-refractivity contribution >= 4 is 33.3 Å².